The molecule has 0 amide bonds. The number of hydrogen-bond donors (Lipinski definition) is 0. The highest BCUT2D eigenvalue weighted by Gasteiger charge is 2.65. The number of piperidine rings is 1. The topological polar surface area (TPSA) is 93.4 Å². The molecule has 0 spiro atoms. The van der Waals surface area contributed by atoms with Crippen LogP contribution >= 0.6 is 0 Å². The minimum Gasteiger partial charge on any atom is -0.339 e. The first-order chi connectivity index (χ1) is 15.1. The van der Waals surface area contributed by atoms with Crippen molar-refractivity contribution in [3.63, 3.8) is 0 Å². The fourth-order valence-electron chi connectivity index (χ4n) is 6.01. The van der Waals surface area contributed by atoms with Crippen molar-refractivity contribution < 1.29 is 22.1 Å². The summed E-state index contributed by atoms with van der Waals surface area (Å²) in [7, 11) is -3.55. The van der Waals surface area contributed by atoms with Crippen LogP contribution in [0.4, 0.5) is 4.39 Å². The number of sulfonamides is 1. The summed E-state index contributed by atoms with van der Waals surface area (Å²) in [5.74, 6) is 0.850. The first-order valence-corrected chi connectivity index (χ1v) is 12.8. The highest BCUT2D eigenvalue weighted by atomic mass is 32.2. The number of Topliss-reactive ketones (excluding diaryl/α,β-unsaturated/α-hetero) is 1. The van der Waals surface area contributed by atoms with Crippen LogP contribution in [-0.2, 0) is 14.8 Å². The van der Waals surface area contributed by atoms with Gasteiger partial charge in [-0.3, -0.25) is 4.79 Å². The van der Waals surface area contributed by atoms with Gasteiger partial charge < -0.3 is 4.52 Å². The Morgan fingerprint density at radius 3 is 2.44 bits per heavy atom. The number of carbonyl (C=O) groups is 1. The normalized spacial score (nSPS) is 28.5. The van der Waals surface area contributed by atoms with Crippen molar-refractivity contribution in [3.8, 4) is 11.4 Å². The van der Waals surface area contributed by atoms with Crippen LogP contribution in [0.5, 0.6) is 0 Å². The molecule has 1 saturated heterocycles. The Bertz CT molecular complexity index is 1140. The molecule has 2 heterocycles. The van der Waals surface area contributed by atoms with Gasteiger partial charge in [-0.1, -0.05) is 19.0 Å². The van der Waals surface area contributed by atoms with E-state index in [0.29, 0.717) is 62.0 Å². The summed E-state index contributed by atoms with van der Waals surface area (Å²) in [6, 6.07) is 5.88. The standard InChI is InChI=1S/C23H28FN3O4S/c1-22(2)17-7-10-23(22,19(28)13-17)14-32(29,30)27-11-8-16(9-12-27)21-25-20(26-31-21)15-3-5-18(24)6-4-15/h3-6,16-17H,7-14H2,1-2H3/t17-,23+/m0/s1. The lowest BCUT2D eigenvalue weighted by atomic mass is 9.70. The van der Waals surface area contributed by atoms with Crippen LogP contribution in [-0.4, -0.2) is 47.5 Å². The molecular weight excluding hydrogens is 433 g/mol. The van der Waals surface area contributed by atoms with Crippen LogP contribution in [0.1, 0.15) is 57.8 Å². The van der Waals surface area contributed by atoms with Gasteiger partial charge in [-0.25, -0.2) is 17.1 Å². The van der Waals surface area contributed by atoms with E-state index in [4.69, 9.17) is 4.52 Å². The Morgan fingerprint density at radius 1 is 1.16 bits per heavy atom. The van der Waals surface area contributed by atoms with Gasteiger partial charge >= 0.3 is 0 Å². The van der Waals surface area contributed by atoms with E-state index in [1.165, 1.54) is 16.4 Å². The maximum Gasteiger partial charge on any atom is 0.230 e. The molecule has 1 aromatic carbocycles. The molecule has 172 valence electrons. The molecule has 9 heteroatoms. The van der Waals surface area contributed by atoms with Gasteiger partial charge in [-0.15, -0.1) is 0 Å². The molecule has 2 aliphatic carbocycles. The maximum absolute atomic E-state index is 13.3. The highest BCUT2D eigenvalue weighted by Crippen LogP contribution is 2.64. The first kappa shape index (κ1) is 21.7. The molecule has 0 radical (unpaired) electrons. The third-order valence-corrected chi connectivity index (χ3v) is 10.3. The Kier molecular flexibility index (Phi) is 5.05. The molecule has 5 rings (SSSR count). The number of carbonyl (C=O) groups excluding carboxylic acids is 1. The average Bonchev–Trinajstić information content (AvgIpc) is 3.38. The second-order valence-corrected chi connectivity index (χ2v) is 12.0. The van der Waals surface area contributed by atoms with Crippen molar-refractivity contribution in [2.24, 2.45) is 16.7 Å². The number of hydrogen-bond acceptors (Lipinski definition) is 6. The van der Waals surface area contributed by atoms with Gasteiger partial charge in [0.2, 0.25) is 21.7 Å². The predicted molar refractivity (Wildman–Crippen MR) is 116 cm³/mol. The van der Waals surface area contributed by atoms with Gasteiger partial charge in [0.15, 0.2) is 0 Å². The van der Waals surface area contributed by atoms with E-state index < -0.39 is 15.4 Å². The number of nitrogens with zero attached hydrogens (tertiary/aromatic N) is 3. The van der Waals surface area contributed by atoms with Crippen LogP contribution in [0, 0.1) is 22.6 Å². The highest BCUT2D eigenvalue weighted by molar-refractivity contribution is 7.89. The van der Waals surface area contributed by atoms with E-state index in [0.717, 1.165) is 6.42 Å². The fraction of sp³-hybridized carbons (Fsp3) is 0.609. The molecular formula is C23H28FN3O4S. The van der Waals surface area contributed by atoms with Crippen molar-refractivity contribution in [3.05, 3.63) is 36.0 Å². The van der Waals surface area contributed by atoms with E-state index in [2.05, 4.69) is 24.0 Å². The zero-order valence-electron chi connectivity index (χ0n) is 18.4. The molecule has 2 bridgehead atoms. The molecule has 7 nitrogen and oxygen atoms in total. The summed E-state index contributed by atoms with van der Waals surface area (Å²) < 4.78 is 46.7. The van der Waals surface area contributed by atoms with Gasteiger partial charge in [0.05, 0.1) is 5.75 Å². The Balaban J connectivity index is 1.26. The summed E-state index contributed by atoms with van der Waals surface area (Å²) in [6.45, 7) is 4.86. The van der Waals surface area contributed by atoms with Gasteiger partial charge in [-0.2, -0.15) is 4.98 Å². The number of halogens is 1. The minimum absolute atomic E-state index is 0.0262. The quantitative estimate of drug-likeness (QED) is 0.673. The molecule has 0 unspecified atom stereocenters. The summed E-state index contributed by atoms with van der Waals surface area (Å²) >= 11 is 0. The molecule has 1 aliphatic heterocycles. The molecule has 0 N–H and O–H groups in total. The number of fused-ring (bicyclic) bond motifs is 2. The fourth-order valence-corrected chi connectivity index (χ4v) is 8.26. The molecule has 3 fully saturated rings. The van der Waals surface area contributed by atoms with E-state index in [9.17, 15) is 17.6 Å². The van der Waals surface area contributed by atoms with Crippen LogP contribution in [0.15, 0.2) is 28.8 Å². The van der Waals surface area contributed by atoms with Crippen molar-refractivity contribution in [2.75, 3.05) is 18.8 Å². The summed E-state index contributed by atoms with van der Waals surface area (Å²) in [5, 5.41) is 4.00. The van der Waals surface area contributed by atoms with Gasteiger partial charge in [0, 0.05) is 36.4 Å². The Hall–Kier alpha value is -2.13. The third-order valence-electron chi connectivity index (χ3n) is 8.31. The van der Waals surface area contributed by atoms with E-state index in [-0.39, 0.29) is 28.7 Å². The minimum atomic E-state index is -3.55. The first-order valence-electron chi connectivity index (χ1n) is 11.2. The number of ketones is 1. The summed E-state index contributed by atoms with van der Waals surface area (Å²) in [6.07, 6.45) is 3.28. The third kappa shape index (κ3) is 3.32. The lowest BCUT2D eigenvalue weighted by molar-refractivity contribution is -0.128. The van der Waals surface area contributed by atoms with Crippen LogP contribution in [0.3, 0.4) is 0 Å². The van der Waals surface area contributed by atoms with Crippen molar-refractivity contribution in [1.29, 1.82) is 0 Å². The number of rotatable bonds is 5. The lowest BCUT2D eigenvalue weighted by Crippen LogP contribution is -2.48. The number of benzene rings is 1. The van der Waals surface area contributed by atoms with Crippen LogP contribution < -0.4 is 0 Å². The Labute approximate surface area is 187 Å². The second-order valence-electron chi connectivity index (χ2n) is 10.1. The lowest BCUT2D eigenvalue weighted by Gasteiger charge is -2.38. The summed E-state index contributed by atoms with van der Waals surface area (Å²) in [4.78, 5) is 17.2. The maximum atomic E-state index is 13.3. The molecule has 3 aliphatic rings. The van der Waals surface area contributed by atoms with Crippen molar-refractivity contribution in [2.45, 2.75) is 51.9 Å². The molecule has 2 atom stereocenters. The van der Waals surface area contributed by atoms with Crippen molar-refractivity contribution in [1.82, 2.24) is 14.4 Å². The molecule has 1 aromatic heterocycles. The average molecular weight is 462 g/mol. The second kappa shape index (κ2) is 7.45. The van der Waals surface area contributed by atoms with Gasteiger partial charge in [-0.05, 0) is 61.3 Å². The molecule has 2 aromatic rings. The molecule has 2 saturated carbocycles. The van der Waals surface area contributed by atoms with Crippen LogP contribution in [0.25, 0.3) is 11.4 Å². The van der Waals surface area contributed by atoms with E-state index in [1.807, 2.05) is 0 Å². The monoisotopic (exact) mass is 461 g/mol. The zero-order valence-corrected chi connectivity index (χ0v) is 19.2. The summed E-state index contributed by atoms with van der Waals surface area (Å²) in [5.41, 5.74) is -0.348. The smallest absolute Gasteiger partial charge is 0.230 e. The van der Waals surface area contributed by atoms with Gasteiger partial charge in [0.25, 0.3) is 0 Å². The molecule has 32 heavy (non-hydrogen) atoms. The predicted octanol–water partition coefficient (Wildman–Crippen LogP) is 3.78. The van der Waals surface area contributed by atoms with Gasteiger partial charge in [0.1, 0.15) is 11.6 Å². The largest absolute Gasteiger partial charge is 0.339 e. The SMILES string of the molecule is CC1(C)[C@H]2CC[C@@]1(CS(=O)(=O)N1CCC(c3nc(-c4ccc(F)cc4)no3)CC1)C(=O)C2. The van der Waals surface area contributed by atoms with Crippen molar-refractivity contribution >= 4 is 15.8 Å². The van der Waals surface area contributed by atoms with Crippen LogP contribution in [0.2, 0.25) is 0 Å². The Morgan fingerprint density at radius 2 is 1.84 bits per heavy atom. The van der Waals surface area contributed by atoms with E-state index >= 15 is 0 Å². The number of aromatic nitrogens is 2. The van der Waals surface area contributed by atoms with E-state index in [1.54, 1.807) is 12.1 Å². The zero-order chi connectivity index (χ0) is 22.7.